The summed E-state index contributed by atoms with van der Waals surface area (Å²) in [5, 5.41) is 0.402. The van der Waals surface area contributed by atoms with E-state index in [9.17, 15) is 18.0 Å². The van der Waals surface area contributed by atoms with Gasteiger partial charge in [-0.25, -0.2) is 8.42 Å². The maximum absolute atomic E-state index is 12.4. The molecule has 0 saturated carbocycles. The Bertz CT molecular complexity index is 926. The van der Waals surface area contributed by atoms with Gasteiger partial charge in [0.15, 0.2) is 0 Å². The van der Waals surface area contributed by atoms with Crippen LogP contribution in [0.2, 0.25) is 5.02 Å². The zero-order valence-electron chi connectivity index (χ0n) is 14.9. The highest BCUT2D eigenvalue weighted by atomic mass is 35.5. The molecule has 0 bridgehead atoms. The Morgan fingerprint density at radius 3 is 2.00 bits per heavy atom. The third-order valence-electron chi connectivity index (χ3n) is 3.84. The number of hydrazine groups is 1. The molecule has 0 aliphatic rings. The SMILES string of the molecule is CCN(CC)S(=O)(=O)c1ccc(C(=O)NNC(=O)c2cccc(Cl)c2)cc1. The molecule has 27 heavy (non-hydrogen) atoms. The minimum atomic E-state index is -3.59. The first-order chi connectivity index (χ1) is 12.8. The first-order valence-corrected chi connectivity index (χ1v) is 10.1. The molecule has 7 nitrogen and oxygen atoms in total. The van der Waals surface area contributed by atoms with Crippen LogP contribution >= 0.6 is 11.6 Å². The second kappa shape index (κ2) is 8.98. The van der Waals surface area contributed by atoms with Crippen LogP contribution in [0.4, 0.5) is 0 Å². The number of carbonyl (C=O) groups excluding carboxylic acids is 2. The topological polar surface area (TPSA) is 95.6 Å². The molecule has 2 rings (SSSR count). The zero-order valence-corrected chi connectivity index (χ0v) is 16.5. The number of nitrogens with one attached hydrogen (secondary N) is 2. The Kier molecular flexibility index (Phi) is 6.95. The Morgan fingerprint density at radius 1 is 0.926 bits per heavy atom. The van der Waals surface area contributed by atoms with E-state index >= 15 is 0 Å². The van der Waals surface area contributed by atoms with Crippen molar-refractivity contribution < 1.29 is 18.0 Å². The van der Waals surface area contributed by atoms with E-state index in [-0.39, 0.29) is 10.5 Å². The van der Waals surface area contributed by atoms with Crippen LogP contribution < -0.4 is 10.9 Å². The molecule has 0 heterocycles. The van der Waals surface area contributed by atoms with Crippen LogP contribution in [0.15, 0.2) is 53.4 Å². The van der Waals surface area contributed by atoms with E-state index in [0.29, 0.717) is 23.7 Å². The van der Waals surface area contributed by atoms with Gasteiger partial charge < -0.3 is 0 Å². The maximum Gasteiger partial charge on any atom is 0.269 e. The highest BCUT2D eigenvalue weighted by Crippen LogP contribution is 2.16. The normalized spacial score (nSPS) is 11.3. The Labute approximate surface area is 163 Å². The van der Waals surface area contributed by atoms with E-state index in [1.807, 2.05) is 0 Å². The number of hydrogen-bond donors (Lipinski definition) is 2. The van der Waals surface area contributed by atoms with Gasteiger partial charge in [-0.15, -0.1) is 0 Å². The lowest BCUT2D eigenvalue weighted by Gasteiger charge is -2.18. The summed E-state index contributed by atoms with van der Waals surface area (Å²) in [5.41, 5.74) is 5.06. The van der Waals surface area contributed by atoms with Crippen LogP contribution in [0.1, 0.15) is 34.6 Å². The lowest BCUT2D eigenvalue weighted by atomic mass is 10.2. The Morgan fingerprint density at radius 2 is 1.48 bits per heavy atom. The maximum atomic E-state index is 12.4. The van der Waals surface area contributed by atoms with Gasteiger partial charge in [0.1, 0.15) is 0 Å². The second-order valence-corrected chi connectivity index (χ2v) is 7.91. The third kappa shape index (κ3) is 5.06. The number of carbonyl (C=O) groups is 2. The van der Waals surface area contributed by atoms with Crippen LogP contribution in [0.5, 0.6) is 0 Å². The molecule has 0 radical (unpaired) electrons. The summed E-state index contributed by atoms with van der Waals surface area (Å²) in [6.45, 7) is 4.23. The number of amides is 2. The van der Waals surface area contributed by atoms with Crippen molar-refractivity contribution in [2.75, 3.05) is 13.1 Å². The minimum Gasteiger partial charge on any atom is -0.267 e. The predicted molar refractivity (Wildman–Crippen MR) is 103 cm³/mol. The van der Waals surface area contributed by atoms with Crippen LogP contribution in [-0.4, -0.2) is 37.6 Å². The molecular weight excluding hydrogens is 390 g/mol. The average Bonchev–Trinajstić information content (AvgIpc) is 2.66. The van der Waals surface area contributed by atoms with Crippen molar-refractivity contribution in [3.63, 3.8) is 0 Å². The van der Waals surface area contributed by atoms with Crippen molar-refractivity contribution in [2.45, 2.75) is 18.7 Å². The van der Waals surface area contributed by atoms with E-state index in [1.54, 1.807) is 32.0 Å². The fourth-order valence-corrected chi connectivity index (χ4v) is 4.03. The summed E-state index contributed by atoms with van der Waals surface area (Å²) < 4.78 is 26.2. The quantitative estimate of drug-likeness (QED) is 0.716. The van der Waals surface area contributed by atoms with Crippen molar-refractivity contribution in [3.05, 3.63) is 64.7 Å². The molecular formula is C18H20ClN3O4S. The summed E-state index contributed by atoms with van der Waals surface area (Å²) in [6, 6.07) is 11.8. The fraction of sp³-hybridized carbons (Fsp3) is 0.222. The van der Waals surface area contributed by atoms with Gasteiger partial charge in [-0.1, -0.05) is 31.5 Å². The predicted octanol–water partition coefficient (Wildman–Crippen LogP) is 2.45. The van der Waals surface area contributed by atoms with Crippen LogP contribution in [0.3, 0.4) is 0 Å². The van der Waals surface area contributed by atoms with Crippen LogP contribution in [0.25, 0.3) is 0 Å². The Balaban J connectivity index is 2.04. The Hall–Kier alpha value is -2.42. The first kappa shape index (κ1) is 20.9. The zero-order chi connectivity index (χ0) is 20.0. The van der Waals surface area contributed by atoms with Crippen molar-refractivity contribution in [3.8, 4) is 0 Å². The summed E-state index contributed by atoms with van der Waals surface area (Å²) in [6.07, 6.45) is 0. The molecule has 0 atom stereocenters. The third-order valence-corrected chi connectivity index (χ3v) is 6.14. The standard InChI is InChI=1S/C18H20ClN3O4S/c1-3-22(4-2)27(25,26)16-10-8-13(9-11-16)17(23)20-21-18(24)14-6-5-7-15(19)12-14/h5-12H,3-4H2,1-2H3,(H,20,23)(H,21,24). The molecule has 2 N–H and O–H groups in total. The molecule has 9 heteroatoms. The molecule has 0 aliphatic heterocycles. The number of sulfonamides is 1. The lowest BCUT2D eigenvalue weighted by molar-refractivity contribution is 0.0846. The number of rotatable bonds is 6. The second-order valence-electron chi connectivity index (χ2n) is 5.53. The highest BCUT2D eigenvalue weighted by molar-refractivity contribution is 7.89. The van der Waals surface area contributed by atoms with Gasteiger partial charge in [-0.05, 0) is 42.5 Å². The van der Waals surface area contributed by atoms with Crippen LogP contribution in [-0.2, 0) is 10.0 Å². The van der Waals surface area contributed by atoms with E-state index in [2.05, 4.69) is 10.9 Å². The smallest absolute Gasteiger partial charge is 0.267 e. The number of benzene rings is 2. The number of nitrogens with zero attached hydrogens (tertiary/aromatic N) is 1. The largest absolute Gasteiger partial charge is 0.269 e. The summed E-state index contributed by atoms with van der Waals surface area (Å²) >= 11 is 5.82. The van der Waals surface area contributed by atoms with Gasteiger partial charge in [0, 0.05) is 29.2 Å². The first-order valence-electron chi connectivity index (χ1n) is 8.26. The van der Waals surface area contributed by atoms with E-state index < -0.39 is 21.8 Å². The minimum absolute atomic E-state index is 0.103. The van der Waals surface area contributed by atoms with Gasteiger partial charge in [-0.3, -0.25) is 20.4 Å². The van der Waals surface area contributed by atoms with Gasteiger partial charge >= 0.3 is 0 Å². The molecule has 0 fully saturated rings. The lowest BCUT2D eigenvalue weighted by Crippen LogP contribution is -2.41. The molecule has 2 aromatic rings. The summed E-state index contributed by atoms with van der Waals surface area (Å²) in [4.78, 5) is 24.2. The number of halogens is 1. The number of hydrogen-bond acceptors (Lipinski definition) is 4. The van der Waals surface area contributed by atoms with Gasteiger partial charge in [-0.2, -0.15) is 4.31 Å². The highest BCUT2D eigenvalue weighted by Gasteiger charge is 2.21. The van der Waals surface area contributed by atoms with Gasteiger partial charge in [0.2, 0.25) is 10.0 Å². The summed E-state index contributed by atoms with van der Waals surface area (Å²) in [7, 11) is -3.59. The van der Waals surface area contributed by atoms with E-state index in [0.717, 1.165) is 0 Å². The molecule has 0 unspecified atom stereocenters. The summed E-state index contributed by atoms with van der Waals surface area (Å²) in [5.74, 6) is -1.09. The molecule has 2 aromatic carbocycles. The molecule has 0 aliphatic carbocycles. The van der Waals surface area contributed by atoms with E-state index in [4.69, 9.17) is 11.6 Å². The fourth-order valence-electron chi connectivity index (χ4n) is 2.38. The van der Waals surface area contributed by atoms with Crippen LogP contribution in [0, 0.1) is 0 Å². The molecule has 0 saturated heterocycles. The molecule has 144 valence electrons. The average molecular weight is 410 g/mol. The van der Waals surface area contributed by atoms with Crippen molar-refractivity contribution in [2.24, 2.45) is 0 Å². The van der Waals surface area contributed by atoms with Gasteiger partial charge in [0.25, 0.3) is 11.8 Å². The van der Waals surface area contributed by atoms with Crippen molar-refractivity contribution >= 4 is 33.4 Å². The monoisotopic (exact) mass is 409 g/mol. The van der Waals surface area contributed by atoms with Gasteiger partial charge in [0.05, 0.1) is 4.90 Å². The van der Waals surface area contributed by atoms with E-state index in [1.165, 1.54) is 34.6 Å². The van der Waals surface area contributed by atoms with Crippen molar-refractivity contribution in [1.82, 2.24) is 15.2 Å². The van der Waals surface area contributed by atoms with Crippen molar-refractivity contribution in [1.29, 1.82) is 0 Å². The molecule has 0 aromatic heterocycles. The molecule has 0 spiro atoms. The molecule has 2 amide bonds.